The van der Waals surface area contributed by atoms with E-state index < -0.39 is 0 Å². The third-order valence-electron chi connectivity index (χ3n) is 5.34. The molecule has 1 N–H and O–H groups in total. The highest BCUT2D eigenvalue weighted by Gasteiger charge is 2.13. The highest BCUT2D eigenvalue weighted by atomic mass is 79.9. The Morgan fingerprint density at radius 2 is 1.61 bits per heavy atom. The molecule has 0 bridgehead atoms. The zero-order valence-corrected chi connectivity index (χ0v) is 21.0. The molecule has 2 aromatic rings. The number of halogens is 1. The van der Waals surface area contributed by atoms with Gasteiger partial charge in [-0.2, -0.15) is 0 Å². The van der Waals surface area contributed by atoms with E-state index in [2.05, 4.69) is 58.2 Å². The molecule has 2 aromatic carbocycles. The molecule has 0 amide bonds. The molecule has 0 saturated heterocycles. The molecular weight excluding hydrogens is 452 g/mol. The van der Waals surface area contributed by atoms with Crippen molar-refractivity contribution >= 4 is 15.9 Å². The van der Waals surface area contributed by atoms with Gasteiger partial charge in [0.2, 0.25) is 0 Å². The van der Waals surface area contributed by atoms with Crippen molar-refractivity contribution in [3.8, 4) is 11.5 Å². The number of nitrogens with zero attached hydrogens (tertiary/aromatic N) is 1. The fourth-order valence-electron chi connectivity index (χ4n) is 3.55. The summed E-state index contributed by atoms with van der Waals surface area (Å²) in [4.78, 5) is 2.62. The third kappa shape index (κ3) is 9.63. The summed E-state index contributed by atoms with van der Waals surface area (Å²) in [6, 6.07) is 14.3. The Morgan fingerprint density at radius 1 is 0.935 bits per heavy atom. The molecule has 0 unspecified atom stereocenters. The third-order valence-corrected chi connectivity index (χ3v) is 5.80. The van der Waals surface area contributed by atoms with E-state index in [1.807, 2.05) is 24.3 Å². The maximum Gasteiger partial charge on any atom is 0.166 e. The average Bonchev–Trinajstić information content (AvgIpc) is 2.79. The van der Waals surface area contributed by atoms with Crippen molar-refractivity contribution in [2.24, 2.45) is 0 Å². The summed E-state index contributed by atoms with van der Waals surface area (Å²) in [5.74, 6) is 1.57. The summed E-state index contributed by atoms with van der Waals surface area (Å²) in [7, 11) is 1.69. The number of rotatable bonds is 16. The largest absolute Gasteiger partial charge is 0.493 e. The molecular formula is C26H39BrN2O2. The maximum absolute atomic E-state index is 6.19. The second-order valence-corrected chi connectivity index (χ2v) is 8.87. The summed E-state index contributed by atoms with van der Waals surface area (Å²) in [6.45, 7) is 10.4. The first-order valence-electron chi connectivity index (χ1n) is 11.6. The molecule has 4 nitrogen and oxygen atoms in total. The minimum atomic E-state index is 0.523. The smallest absolute Gasteiger partial charge is 0.166 e. The van der Waals surface area contributed by atoms with Gasteiger partial charge >= 0.3 is 0 Å². The summed E-state index contributed by atoms with van der Waals surface area (Å²) < 4.78 is 12.8. The second kappa shape index (κ2) is 15.3. The van der Waals surface area contributed by atoms with Crippen LogP contribution in [0.3, 0.4) is 0 Å². The SMILES string of the molecule is CCCCN(CCCC)CCCNCc1cc(Br)cc(OC)c1OCc1ccccc1. The van der Waals surface area contributed by atoms with Crippen molar-refractivity contribution in [3.05, 3.63) is 58.1 Å². The van der Waals surface area contributed by atoms with Gasteiger partial charge in [0.05, 0.1) is 7.11 Å². The number of hydrogen-bond donors (Lipinski definition) is 1. The van der Waals surface area contributed by atoms with Crippen LogP contribution in [0, 0.1) is 0 Å². The monoisotopic (exact) mass is 490 g/mol. The van der Waals surface area contributed by atoms with E-state index >= 15 is 0 Å². The van der Waals surface area contributed by atoms with Crippen LogP contribution in [0.25, 0.3) is 0 Å². The normalized spacial score (nSPS) is 11.1. The maximum atomic E-state index is 6.19. The Morgan fingerprint density at radius 3 is 2.26 bits per heavy atom. The Bertz CT molecular complexity index is 732. The summed E-state index contributed by atoms with van der Waals surface area (Å²) in [6.07, 6.45) is 6.25. The van der Waals surface area contributed by atoms with Crippen LogP contribution >= 0.6 is 15.9 Å². The molecule has 0 aliphatic carbocycles. The number of ether oxygens (including phenoxy) is 2. The van der Waals surface area contributed by atoms with Gasteiger partial charge in [-0.05, 0) is 63.1 Å². The van der Waals surface area contributed by atoms with Crippen LogP contribution in [0.15, 0.2) is 46.9 Å². The summed E-state index contributed by atoms with van der Waals surface area (Å²) in [5, 5.41) is 3.60. The predicted octanol–water partition coefficient (Wildman–Crippen LogP) is 6.42. The number of unbranched alkanes of at least 4 members (excludes halogenated alkanes) is 2. The average molecular weight is 492 g/mol. The highest BCUT2D eigenvalue weighted by molar-refractivity contribution is 9.10. The van der Waals surface area contributed by atoms with E-state index in [1.165, 1.54) is 38.8 Å². The number of benzene rings is 2. The van der Waals surface area contributed by atoms with Gasteiger partial charge in [0.15, 0.2) is 11.5 Å². The van der Waals surface area contributed by atoms with Crippen LogP contribution in [-0.2, 0) is 13.2 Å². The molecule has 0 radical (unpaired) electrons. The van der Waals surface area contributed by atoms with Crippen LogP contribution in [0.4, 0.5) is 0 Å². The van der Waals surface area contributed by atoms with Crippen LogP contribution in [0.5, 0.6) is 11.5 Å². The lowest BCUT2D eigenvalue weighted by atomic mass is 10.1. The van der Waals surface area contributed by atoms with E-state index in [0.29, 0.717) is 6.61 Å². The lowest BCUT2D eigenvalue weighted by molar-refractivity contribution is 0.260. The standard InChI is InChI=1S/C26H39BrN2O2/c1-4-6-15-29(16-7-5-2)17-11-14-28-20-23-18-24(27)19-25(30-3)26(23)31-21-22-12-9-8-10-13-22/h8-10,12-13,18-19,28H,4-7,11,14-17,20-21H2,1-3H3. The zero-order valence-electron chi connectivity index (χ0n) is 19.5. The fraction of sp³-hybridized carbons (Fsp3) is 0.538. The highest BCUT2D eigenvalue weighted by Crippen LogP contribution is 2.35. The first-order chi connectivity index (χ1) is 15.2. The number of nitrogens with one attached hydrogen (secondary N) is 1. The van der Waals surface area contributed by atoms with Gasteiger partial charge in [0.25, 0.3) is 0 Å². The fourth-order valence-corrected chi connectivity index (χ4v) is 4.03. The summed E-state index contributed by atoms with van der Waals surface area (Å²) >= 11 is 3.60. The number of methoxy groups -OCH3 is 1. The Hall–Kier alpha value is -1.56. The lowest BCUT2D eigenvalue weighted by Gasteiger charge is -2.22. The Labute approximate surface area is 197 Å². The van der Waals surface area contributed by atoms with E-state index in [0.717, 1.165) is 53.2 Å². The second-order valence-electron chi connectivity index (χ2n) is 7.95. The minimum Gasteiger partial charge on any atom is -0.493 e. The molecule has 0 fully saturated rings. The van der Waals surface area contributed by atoms with Gasteiger partial charge in [-0.1, -0.05) is 73.0 Å². The molecule has 0 spiro atoms. The van der Waals surface area contributed by atoms with Crippen LogP contribution < -0.4 is 14.8 Å². The van der Waals surface area contributed by atoms with Crippen molar-refractivity contribution in [1.82, 2.24) is 10.2 Å². The minimum absolute atomic E-state index is 0.523. The van der Waals surface area contributed by atoms with E-state index in [-0.39, 0.29) is 0 Å². The van der Waals surface area contributed by atoms with Crippen molar-refractivity contribution < 1.29 is 9.47 Å². The molecule has 2 rings (SSSR count). The van der Waals surface area contributed by atoms with Crippen molar-refractivity contribution in [2.75, 3.05) is 33.3 Å². The topological polar surface area (TPSA) is 33.7 Å². The Kier molecular flexibility index (Phi) is 12.7. The Balaban J connectivity index is 1.90. The van der Waals surface area contributed by atoms with Gasteiger partial charge in [0, 0.05) is 16.6 Å². The van der Waals surface area contributed by atoms with Crippen LogP contribution in [0.1, 0.15) is 57.1 Å². The first-order valence-corrected chi connectivity index (χ1v) is 12.4. The van der Waals surface area contributed by atoms with Gasteiger partial charge < -0.3 is 19.7 Å². The molecule has 31 heavy (non-hydrogen) atoms. The molecule has 172 valence electrons. The molecule has 5 heteroatoms. The van der Waals surface area contributed by atoms with Gasteiger partial charge in [-0.15, -0.1) is 0 Å². The van der Waals surface area contributed by atoms with Crippen LogP contribution in [-0.4, -0.2) is 38.2 Å². The first kappa shape index (κ1) is 25.7. The quantitative estimate of drug-likeness (QED) is 0.275. The van der Waals surface area contributed by atoms with Crippen molar-refractivity contribution in [1.29, 1.82) is 0 Å². The van der Waals surface area contributed by atoms with Gasteiger partial charge in [-0.3, -0.25) is 0 Å². The van der Waals surface area contributed by atoms with Gasteiger partial charge in [0.1, 0.15) is 6.61 Å². The van der Waals surface area contributed by atoms with E-state index in [4.69, 9.17) is 9.47 Å². The zero-order chi connectivity index (χ0) is 22.3. The molecule has 0 atom stereocenters. The predicted molar refractivity (Wildman–Crippen MR) is 134 cm³/mol. The molecule has 0 saturated carbocycles. The van der Waals surface area contributed by atoms with Crippen molar-refractivity contribution in [3.63, 3.8) is 0 Å². The molecule has 0 aromatic heterocycles. The molecule has 0 aliphatic rings. The molecule has 0 heterocycles. The van der Waals surface area contributed by atoms with Crippen molar-refractivity contribution in [2.45, 2.75) is 59.1 Å². The number of hydrogen-bond acceptors (Lipinski definition) is 4. The molecule has 0 aliphatic heterocycles. The lowest BCUT2D eigenvalue weighted by Crippen LogP contribution is -2.29. The summed E-state index contributed by atoms with van der Waals surface area (Å²) in [5.41, 5.74) is 2.25. The van der Waals surface area contributed by atoms with Gasteiger partial charge in [-0.25, -0.2) is 0 Å². The van der Waals surface area contributed by atoms with E-state index in [1.54, 1.807) is 7.11 Å². The van der Waals surface area contributed by atoms with E-state index in [9.17, 15) is 0 Å². The van der Waals surface area contributed by atoms with Crippen LogP contribution in [0.2, 0.25) is 0 Å².